The van der Waals surface area contributed by atoms with Crippen LogP contribution >= 0.6 is 0 Å². The van der Waals surface area contributed by atoms with Crippen LogP contribution in [0, 0.1) is 0 Å². The van der Waals surface area contributed by atoms with Crippen LogP contribution in [0.2, 0.25) is 0 Å². The van der Waals surface area contributed by atoms with Gasteiger partial charge in [0, 0.05) is 6.54 Å². The molecule has 2 amide bonds. The summed E-state index contributed by atoms with van der Waals surface area (Å²) in [5.74, 6) is 0.291. The maximum Gasteiger partial charge on any atom is 0.309 e. The molecule has 7 heteroatoms. The third-order valence-electron chi connectivity index (χ3n) is 3.11. The minimum atomic E-state index is -0.720. The second kappa shape index (κ2) is 7.88. The molecule has 1 heterocycles. The first-order valence-corrected chi connectivity index (χ1v) is 6.93. The number of methoxy groups -OCH3 is 2. The molecule has 1 aromatic carbocycles. The van der Waals surface area contributed by atoms with Crippen LogP contribution in [0.25, 0.3) is 0 Å². The Morgan fingerprint density at radius 2 is 1.70 bits per heavy atom. The fourth-order valence-corrected chi connectivity index (χ4v) is 1.91. The molecule has 1 aromatic heterocycles. The number of carbonyl (C=O) groups excluding carboxylic acids is 2. The van der Waals surface area contributed by atoms with Gasteiger partial charge in [-0.25, -0.2) is 0 Å². The Bertz CT molecular complexity index is 667. The number of nitrogens with one attached hydrogen (secondary N) is 2. The smallest absolute Gasteiger partial charge is 0.309 e. The molecule has 0 atom stereocenters. The van der Waals surface area contributed by atoms with Crippen LogP contribution in [-0.2, 0) is 22.7 Å². The van der Waals surface area contributed by atoms with Gasteiger partial charge in [0.15, 0.2) is 11.5 Å². The van der Waals surface area contributed by atoms with Gasteiger partial charge in [0.1, 0.15) is 5.76 Å². The number of amides is 2. The zero-order valence-corrected chi connectivity index (χ0v) is 12.9. The lowest BCUT2D eigenvalue weighted by atomic mass is 10.2. The summed E-state index contributed by atoms with van der Waals surface area (Å²) >= 11 is 0. The van der Waals surface area contributed by atoms with Crippen molar-refractivity contribution in [2.75, 3.05) is 14.2 Å². The van der Waals surface area contributed by atoms with Crippen molar-refractivity contribution < 1.29 is 23.5 Å². The van der Waals surface area contributed by atoms with Crippen LogP contribution in [0.1, 0.15) is 11.3 Å². The highest BCUT2D eigenvalue weighted by Crippen LogP contribution is 2.27. The average Bonchev–Trinajstić information content (AvgIpc) is 3.10. The van der Waals surface area contributed by atoms with Crippen LogP contribution in [0.15, 0.2) is 41.0 Å². The molecular formula is C16H18N2O5. The topological polar surface area (TPSA) is 89.8 Å². The van der Waals surface area contributed by atoms with Crippen LogP contribution in [0.4, 0.5) is 0 Å². The predicted octanol–water partition coefficient (Wildman–Crippen LogP) is 1.23. The van der Waals surface area contributed by atoms with Gasteiger partial charge in [-0.1, -0.05) is 6.07 Å². The Labute approximate surface area is 133 Å². The van der Waals surface area contributed by atoms with Crippen molar-refractivity contribution in [3.63, 3.8) is 0 Å². The van der Waals surface area contributed by atoms with Gasteiger partial charge in [-0.05, 0) is 29.8 Å². The van der Waals surface area contributed by atoms with E-state index in [-0.39, 0.29) is 13.1 Å². The van der Waals surface area contributed by atoms with E-state index in [2.05, 4.69) is 10.6 Å². The number of rotatable bonds is 6. The lowest BCUT2D eigenvalue weighted by Gasteiger charge is -2.10. The van der Waals surface area contributed by atoms with Crippen LogP contribution in [-0.4, -0.2) is 26.0 Å². The van der Waals surface area contributed by atoms with Gasteiger partial charge >= 0.3 is 11.8 Å². The Hall–Kier alpha value is -2.96. The molecule has 0 unspecified atom stereocenters. The number of hydrogen-bond donors (Lipinski definition) is 2. The van der Waals surface area contributed by atoms with Crippen molar-refractivity contribution in [2.45, 2.75) is 13.1 Å². The highest BCUT2D eigenvalue weighted by molar-refractivity contribution is 6.35. The summed E-state index contributed by atoms with van der Waals surface area (Å²) in [6.45, 7) is 0.364. The number of benzene rings is 1. The van der Waals surface area contributed by atoms with Crippen molar-refractivity contribution >= 4 is 11.8 Å². The van der Waals surface area contributed by atoms with E-state index >= 15 is 0 Å². The molecule has 122 valence electrons. The van der Waals surface area contributed by atoms with E-state index < -0.39 is 11.8 Å². The number of hydrogen-bond acceptors (Lipinski definition) is 5. The van der Waals surface area contributed by atoms with Crippen LogP contribution < -0.4 is 20.1 Å². The van der Waals surface area contributed by atoms with Gasteiger partial charge in [0.05, 0.1) is 27.0 Å². The average molecular weight is 318 g/mol. The van der Waals surface area contributed by atoms with E-state index in [1.165, 1.54) is 13.4 Å². The quantitative estimate of drug-likeness (QED) is 0.782. The third-order valence-corrected chi connectivity index (χ3v) is 3.11. The maximum atomic E-state index is 11.7. The van der Waals surface area contributed by atoms with Gasteiger partial charge in [0.2, 0.25) is 0 Å². The SMILES string of the molecule is COc1ccc(CNC(=O)C(=O)NCc2ccco2)cc1OC. The van der Waals surface area contributed by atoms with Gasteiger partial charge in [-0.15, -0.1) is 0 Å². The van der Waals surface area contributed by atoms with Crippen molar-refractivity contribution in [2.24, 2.45) is 0 Å². The first kappa shape index (κ1) is 16.4. The van der Waals surface area contributed by atoms with Gasteiger partial charge in [-0.3, -0.25) is 9.59 Å². The Morgan fingerprint density at radius 3 is 2.30 bits per heavy atom. The lowest BCUT2D eigenvalue weighted by molar-refractivity contribution is -0.139. The largest absolute Gasteiger partial charge is 0.493 e. The minimum absolute atomic E-state index is 0.162. The summed E-state index contributed by atoms with van der Waals surface area (Å²) in [7, 11) is 3.07. The Kier molecular flexibility index (Phi) is 5.62. The highest BCUT2D eigenvalue weighted by Gasteiger charge is 2.13. The standard InChI is InChI=1S/C16H18N2O5/c1-21-13-6-5-11(8-14(13)22-2)9-17-15(19)16(20)18-10-12-4-3-7-23-12/h3-8H,9-10H2,1-2H3,(H,17,19)(H,18,20). The number of carbonyl (C=O) groups is 2. The molecule has 0 fully saturated rings. The van der Waals surface area contributed by atoms with E-state index in [1.807, 2.05) is 0 Å². The fourth-order valence-electron chi connectivity index (χ4n) is 1.91. The first-order chi connectivity index (χ1) is 11.1. The van der Waals surface area contributed by atoms with Gasteiger partial charge in [0.25, 0.3) is 0 Å². The molecule has 0 aliphatic carbocycles. The van der Waals surface area contributed by atoms with Gasteiger partial charge < -0.3 is 24.5 Å². The molecule has 2 N–H and O–H groups in total. The summed E-state index contributed by atoms with van der Waals surface area (Å²) in [5.41, 5.74) is 0.787. The van der Waals surface area contributed by atoms with Crippen molar-refractivity contribution in [1.82, 2.24) is 10.6 Å². The van der Waals surface area contributed by atoms with Crippen molar-refractivity contribution in [3.05, 3.63) is 47.9 Å². The summed E-state index contributed by atoms with van der Waals surface area (Å²) < 4.78 is 15.4. The summed E-state index contributed by atoms with van der Waals surface area (Å²) in [4.78, 5) is 23.4. The van der Waals surface area contributed by atoms with Crippen LogP contribution in [0.5, 0.6) is 11.5 Å². The Balaban J connectivity index is 1.84. The summed E-state index contributed by atoms with van der Waals surface area (Å²) in [5, 5.41) is 5.01. The minimum Gasteiger partial charge on any atom is -0.493 e. The lowest BCUT2D eigenvalue weighted by Crippen LogP contribution is -2.39. The maximum absolute atomic E-state index is 11.7. The molecule has 0 saturated heterocycles. The second-order valence-corrected chi connectivity index (χ2v) is 4.63. The second-order valence-electron chi connectivity index (χ2n) is 4.63. The fraction of sp³-hybridized carbons (Fsp3) is 0.250. The normalized spacial score (nSPS) is 10.0. The van der Waals surface area contributed by atoms with E-state index in [0.717, 1.165) is 5.56 Å². The van der Waals surface area contributed by atoms with Crippen molar-refractivity contribution in [3.8, 4) is 11.5 Å². The molecule has 0 saturated carbocycles. The molecule has 0 aliphatic rings. The van der Waals surface area contributed by atoms with E-state index in [4.69, 9.17) is 13.9 Å². The molecule has 0 aliphatic heterocycles. The monoisotopic (exact) mass is 318 g/mol. The van der Waals surface area contributed by atoms with Crippen molar-refractivity contribution in [1.29, 1.82) is 0 Å². The molecule has 23 heavy (non-hydrogen) atoms. The Morgan fingerprint density at radius 1 is 1.00 bits per heavy atom. The molecule has 0 radical (unpaired) electrons. The highest BCUT2D eigenvalue weighted by atomic mass is 16.5. The van der Waals surface area contributed by atoms with E-state index in [9.17, 15) is 9.59 Å². The number of ether oxygens (including phenoxy) is 2. The third kappa shape index (κ3) is 4.50. The van der Waals surface area contributed by atoms with E-state index in [0.29, 0.717) is 17.3 Å². The molecular weight excluding hydrogens is 300 g/mol. The number of furan rings is 1. The molecule has 0 bridgehead atoms. The first-order valence-electron chi connectivity index (χ1n) is 6.93. The van der Waals surface area contributed by atoms with Crippen LogP contribution in [0.3, 0.4) is 0 Å². The molecule has 2 aromatic rings. The summed E-state index contributed by atoms with van der Waals surface area (Å²) in [6, 6.07) is 8.67. The molecule has 7 nitrogen and oxygen atoms in total. The predicted molar refractivity (Wildman–Crippen MR) is 81.9 cm³/mol. The zero-order chi connectivity index (χ0) is 16.7. The van der Waals surface area contributed by atoms with Gasteiger partial charge in [-0.2, -0.15) is 0 Å². The zero-order valence-electron chi connectivity index (χ0n) is 12.9. The molecule has 0 spiro atoms. The van der Waals surface area contributed by atoms with E-state index in [1.54, 1.807) is 37.4 Å². The summed E-state index contributed by atoms with van der Waals surface area (Å²) in [6.07, 6.45) is 1.50. The molecule has 2 rings (SSSR count).